The molecule has 1 aliphatic heterocycles. The molecule has 0 radical (unpaired) electrons. The molecule has 5 nitrogen and oxygen atoms in total. The molecule has 0 bridgehead atoms. The van der Waals surface area contributed by atoms with E-state index in [1.165, 1.54) is 0 Å². The number of halogens is 1. The van der Waals surface area contributed by atoms with Gasteiger partial charge in [-0.05, 0) is 44.1 Å². The Kier molecular flexibility index (Phi) is 8.99. The van der Waals surface area contributed by atoms with Gasteiger partial charge >= 0.3 is 0 Å². The first-order chi connectivity index (χ1) is 10.7. The van der Waals surface area contributed by atoms with E-state index in [9.17, 15) is 4.79 Å². The highest BCUT2D eigenvalue weighted by molar-refractivity contribution is 5.85. The summed E-state index contributed by atoms with van der Waals surface area (Å²) >= 11 is 0. The highest BCUT2D eigenvalue weighted by Crippen LogP contribution is 2.13. The summed E-state index contributed by atoms with van der Waals surface area (Å²) in [6.07, 6.45) is 1.11. The molecule has 130 valence electrons. The Labute approximate surface area is 145 Å². The van der Waals surface area contributed by atoms with Crippen molar-refractivity contribution in [2.24, 2.45) is 0 Å². The number of hydrogen-bond donors (Lipinski definition) is 1. The molecular weight excluding hydrogens is 314 g/mol. The van der Waals surface area contributed by atoms with Gasteiger partial charge < -0.3 is 15.0 Å². The van der Waals surface area contributed by atoms with Crippen LogP contribution in [-0.4, -0.2) is 62.1 Å². The summed E-state index contributed by atoms with van der Waals surface area (Å²) in [6, 6.07) is 7.95. The SMILES string of the molecule is CCOc1ccc(CN(C)C(=O)CN2CCCNCC2)cc1.Cl. The first-order valence-corrected chi connectivity index (χ1v) is 8.08. The van der Waals surface area contributed by atoms with Crippen molar-refractivity contribution in [3.63, 3.8) is 0 Å². The van der Waals surface area contributed by atoms with Gasteiger partial charge in [0, 0.05) is 26.7 Å². The van der Waals surface area contributed by atoms with Crippen molar-refractivity contribution in [3.8, 4) is 5.75 Å². The second kappa shape index (κ2) is 10.5. The predicted molar refractivity (Wildman–Crippen MR) is 95.3 cm³/mol. The van der Waals surface area contributed by atoms with Crippen LogP contribution in [-0.2, 0) is 11.3 Å². The molecule has 0 aromatic heterocycles. The monoisotopic (exact) mass is 341 g/mol. The summed E-state index contributed by atoms with van der Waals surface area (Å²) in [7, 11) is 1.87. The van der Waals surface area contributed by atoms with Gasteiger partial charge in [-0.3, -0.25) is 9.69 Å². The van der Waals surface area contributed by atoms with Crippen LogP contribution in [0.3, 0.4) is 0 Å². The van der Waals surface area contributed by atoms with Gasteiger partial charge in [0.05, 0.1) is 13.2 Å². The summed E-state index contributed by atoms with van der Waals surface area (Å²) in [5.74, 6) is 1.05. The Morgan fingerprint density at radius 2 is 2.00 bits per heavy atom. The van der Waals surface area contributed by atoms with Crippen LogP contribution in [0.25, 0.3) is 0 Å². The number of benzene rings is 1. The Bertz CT molecular complexity index is 459. The van der Waals surface area contributed by atoms with Gasteiger partial charge in [-0.25, -0.2) is 0 Å². The van der Waals surface area contributed by atoms with E-state index in [4.69, 9.17) is 4.74 Å². The minimum absolute atomic E-state index is 0. The number of nitrogens with zero attached hydrogens (tertiary/aromatic N) is 2. The summed E-state index contributed by atoms with van der Waals surface area (Å²) in [5.41, 5.74) is 1.12. The van der Waals surface area contributed by atoms with Crippen molar-refractivity contribution in [1.82, 2.24) is 15.1 Å². The van der Waals surface area contributed by atoms with Crippen molar-refractivity contribution in [3.05, 3.63) is 29.8 Å². The largest absolute Gasteiger partial charge is 0.494 e. The molecule has 1 amide bonds. The summed E-state index contributed by atoms with van der Waals surface area (Å²) in [5, 5.41) is 3.36. The third-order valence-corrected chi connectivity index (χ3v) is 3.87. The lowest BCUT2D eigenvalue weighted by molar-refractivity contribution is -0.131. The first kappa shape index (κ1) is 19.7. The van der Waals surface area contributed by atoms with E-state index >= 15 is 0 Å². The maximum atomic E-state index is 12.3. The quantitative estimate of drug-likeness (QED) is 0.856. The number of rotatable bonds is 6. The average molecular weight is 342 g/mol. The normalized spacial score (nSPS) is 15.4. The number of carbonyl (C=O) groups is 1. The molecule has 1 aromatic rings. The first-order valence-electron chi connectivity index (χ1n) is 8.08. The number of amides is 1. The number of carbonyl (C=O) groups excluding carboxylic acids is 1. The van der Waals surface area contributed by atoms with Crippen molar-refractivity contribution >= 4 is 18.3 Å². The molecule has 23 heavy (non-hydrogen) atoms. The van der Waals surface area contributed by atoms with Gasteiger partial charge in [0.15, 0.2) is 0 Å². The van der Waals surface area contributed by atoms with Crippen LogP contribution < -0.4 is 10.1 Å². The Morgan fingerprint density at radius 1 is 1.26 bits per heavy atom. The maximum Gasteiger partial charge on any atom is 0.236 e. The molecule has 1 saturated heterocycles. The topological polar surface area (TPSA) is 44.8 Å². The smallest absolute Gasteiger partial charge is 0.236 e. The minimum Gasteiger partial charge on any atom is -0.494 e. The van der Waals surface area contributed by atoms with Crippen LogP contribution in [0.2, 0.25) is 0 Å². The Balaban J connectivity index is 0.00000264. The standard InChI is InChI=1S/C17H27N3O2.ClH/c1-3-22-16-7-5-15(6-8-16)13-19(2)17(21)14-20-11-4-9-18-10-12-20;/h5-8,18H,3-4,9-14H2,1-2H3;1H. The average Bonchev–Trinajstić information content (AvgIpc) is 2.78. The van der Waals surface area contributed by atoms with E-state index in [1.807, 2.05) is 38.2 Å². The van der Waals surface area contributed by atoms with E-state index in [1.54, 1.807) is 4.90 Å². The van der Waals surface area contributed by atoms with E-state index in [2.05, 4.69) is 10.2 Å². The Morgan fingerprint density at radius 3 is 2.70 bits per heavy atom. The zero-order valence-electron chi connectivity index (χ0n) is 14.1. The molecule has 1 N–H and O–H groups in total. The number of nitrogens with one attached hydrogen (secondary N) is 1. The van der Waals surface area contributed by atoms with Crippen LogP contribution in [0.5, 0.6) is 5.75 Å². The van der Waals surface area contributed by atoms with E-state index < -0.39 is 0 Å². The van der Waals surface area contributed by atoms with E-state index in [-0.39, 0.29) is 18.3 Å². The fourth-order valence-corrected chi connectivity index (χ4v) is 2.59. The van der Waals surface area contributed by atoms with Gasteiger partial charge in [0.25, 0.3) is 0 Å². The molecule has 1 aliphatic rings. The lowest BCUT2D eigenvalue weighted by Gasteiger charge is -2.23. The number of likely N-dealkylation sites (N-methyl/N-ethyl adjacent to an activating group) is 1. The van der Waals surface area contributed by atoms with Crippen molar-refractivity contribution in [2.75, 3.05) is 46.4 Å². The third-order valence-electron chi connectivity index (χ3n) is 3.87. The molecule has 0 unspecified atom stereocenters. The van der Waals surface area contributed by atoms with Gasteiger partial charge in [-0.1, -0.05) is 12.1 Å². The second-order valence-electron chi connectivity index (χ2n) is 5.71. The van der Waals surface area contributed by atoms with Crippen LogP contribution in [0, 0.1) is 0 Å². The Hall–Kier alpha value is -1.30. The fraction of sp³-hybridized carbons (Fsp3) is 0.588. The minimum atomic E-state index is 0. The predicted octanol–water partition coefficient (Wildman–Crippen LogP) is 1.76. The summed E-state index contributed by atoms with van der Waals surface area (Å²) in [4.78, 5) is 16.4. The van der Waals surface area contributed by atoms with Gasteiger partial charge in [0.1, 0.15) is 5.75 Å². The van der Waals surface area contributed by atoms with Crippen molar-refractivity contribution in [2.45, 2.75) is 19.9 Å². The number of ether oxygens (including phenoxy) is 1. The van der Waals surface area contributed by atoms with E-state index in [0.717, 1.165) is 43.9 Å². The molecule has 0 aliphatic carbocycles. The molecule has 0 spiro atoms. The van der Waals surface area contributed by atoms with Crippen LogP contribution >= 0.6 is 12.4 Å². The molecule has 0 atom stereocenters. The maximum absolute atomic E-state index is 12.3. The summed E-state index contributed by atoms with van der Waals surface area (Å²) < 4.78 is 5.43. The molecule has 1 fully saturated rings. The third kappa shape index (κ3) is 6.77. The zero-order chi connectivity index (χ0) is 15.8. The lowest BCUT2D eigenvalue weighted by Crippen LogP contribution is -2.39. The molecule has 2 rings (SSSR count). The van der Waals surface area contributed by atoms with Crippen molar-refractivity contribution in [1.29, 1.82) is 0 Å². The molecule has 0 saturated carbocycles. The van der Waals surface area contributed by atoms with Crippen LogP contribution in [0.1, 0.15) is 18.9 Å². The fourth-order valence-electron chi connectivity index (χ4n) is 2.59. The molecular formula is C17H28ClN3O2. The highest BCUT2D eigenvalue weighted by Gasteiger charge is 2.15. The van der Waals surface area contributed by atoms with E-state index in [0.29, 0.717) is 19.7 Å². The highest BCUT2D eigenvalue weighted by atomic mass is 35.5. The van der Waals surface area contributed by atoms with Crippen LogP contribution in [0.4, 0.5) is 0 Å². The number of hydrogen-bond acceptors (Lipinski definition) is 4. The lowest BCUT2D eigenvalue weighted by atomic mass is 10.2. The second-order valence-corrected chi connectivity index (χ2v) is 5.71. The molecule has 1 aromatic carbocycles. The van der Waals surface area contributed by atoms with Crippen molar-refractivity contribution < 1.29 is 9.53 Å². The van der Waals surface area contributed by atoms with Gasteiger partial charge in [0.2, 0.25) is 5.91 Å². The molecule has 1 heterocycles. The zero-order valence-corrected chi connectivity index (χ0v) is 14.9. The molecule has 6 heteroatoms. The summed E-state index contributed by atoms with van der Waals surface area (Å²) in [6.45, 7) is 7.74. The van der Waals surface area contributed by atoms with Crippen LogP contribution in [0.15, 0.2) is 24.3 Å². The van der Waals surface area contributed by atoms with Gasteiger partial charge in [-0.15, -0.1) is 12.4 Å². The van der Waals surface area contributed by atoms with Gasteiger partial charge in [-0.2, -0.15) is 0 Å².